The molecule has 0 bridgehead atoms. The summed E-state index contributed by atoms with van der Waals surface area (Å²) in [6, 6.07) is 12.8. The van der Waals surface area contributed by atoms with Crippen LogP contribution in [0.1, 0.15) is 30.0 Å². The summed E-state index contributed by atoms with van der Waals surface area (Å²) in [6.45, 7) is -0.0541. The Morgan fingerprint density at radius 1 is 1.00 bits per heavy atom. The summed E-state index contributed by atoms with van der Waals surface area (Å²) in [5.74, 6) is -3.88. The molecule has 6 nitrogen and oxygen atoms in total. The third-order valence-electron chi connectivity index (χ3n) is 4.58. The number of ketones is 1. The van der Waals surface area contributed by atoms with Crippen molar-refractivity contribution < 1.29 is 29.0 Å². The van der Waals surface area contributed by atoms with E-state index in [4.69, 9.17) is 5.11 Å². The zero-order chi connectivity index (χ0) is 20.3. The minimum absolute atomic E-state index is 0.0541. The van der Waals surface area contributed by atoms with Crippen LogP contribution in [0.15, 0.2) is 60.2 Å². The molecule has 2 aromatic rings. The van der Waals surface area contributed by atoms with Crippen LogP contribution < -0.4 is 0 Å². The normalized spacial score (nSPS) is 18.5. The van der Waals surface area contributed by atoms with Crippen LogP contribution in [0.2, 0.25) is 0 Å². The number of aliphatic hydroxyl groups excluding tert-OH is 1. The fraction of sp³-hybridized carbons (Fsp3) is 0.190. The molecule has 0 radical (unpaired) electrons. The van der Waals surface area contributed by atoms with Gasteiger partial charge in [-0.3, -0.25) is 14.4 Å². The fourth-order valence-corrected chi connectivity index (χ4v) is 3.28. The number of hydrogen-bond donors (Lipinski definition) is 2. The number of carboxylic acid groups (broad SMARTS) is 1. The topological polar surface area (TPSA) is 94.9 Å². The fourth-order valence-electron chi connectivity index (χ4n) is 3.28. The molecule has 1 aliphatic rings. The summed E-state index contributed by atoms with van der Waals surface area (Å²) in [6.07, 6.45) is -0.107. The summed E-state index contributed by atoms with van der Waals surface area (Å²) < 4.78 is 14.5. The van der Waals surface area contributed by atoms with Gasteiger partial charge in [0, 0.05) is 24.1 Å². The molecule has 2 aromatic carbocycles. The Morgan fingerprint density at radius 2 is 1.64 bits per heavy atom. The number of carboxylic acids is 1. The molecular weight excluding hydrogens is 365 g/mol. The van der Waals surface area contributed by atoms with Crippen molar-refractivity contribution in [2.24, 2.45) is 0 Å². The number of carbonyl (C=O) groups is 3. The molecule has 1 fully saturated rings. The second-order valence-corrected chi connectivity index (χ2v) is 6.38. The van der Waals surface area contributed by atoms with Crippen LogP contribution in [0, 0.1) is 5.82 Å². The van der Waals surface area contributed by atoms with Gasteiger partial charge < -0.3 is 15.1 Å². The summed E-state index contributed by atoms with van der Waals surface area (Å²) in [7, 11) is 0. The Labute approximate surface area is 160 Å². The number of nitrogens with zero attached hydrogens (tertiary/aromatic N) is 1. The minimum atomic E-state index is -1.13. The lowest BCUT2D eigenvalue weighted by molar-refractivity contribution is -0.140. The van der Waals surface area contributed by atoms with Gasteiger partial charge in [0.05, 0.1) is 11.6 Å². The van der Waals surface area contributed by atoms with E-state index in [-0.39, 0.29) is 30.5 Å². The van der Waals surface area contributed by atoms with Gasteiger partial charge in [-0.15, -0.1) is 0 Å². The van der Waals surface area contributed by atoms with E-state index in [1.807, 2.05) is 0 Å². The predicted octanol–water partition coefficient (Wildman–Crippen LogP) is 3.11. The van der Waals surface area contributed by atoms with Crippen LogP contribution in [-0.2, 0) is 14.4 Å². The molecule has 28 heavy (non-hydrogen) atoms. The van der Waals surface area contributed by atoms with Crippen LogP contribution >= 0.6 is 0 Å². The maximum Gasteiger partial charge on any atom is 0.303 e. The van der Waals surface area contributed by atoms with E-state index in [9.17, 15) is 23.9 Å². The lowest BCUT2D eigenvalue weighted by atomic mass is 9.95. The Balaban J connectivity index is 2.11. The van der Waals surface area contributed by atoms with Gasteiger partial charge in [0.25, 0.3) is 11.7 Å². The van der Waals surface area contributed by atoms with Crippen LogP contribution in [0.25, 0.3) is 5.76 Å². The lowest BCUT2D eigenvalue weighted by Gasteiger charge is -2.25. The molecule has 1 aliphatic heterocycles. The average molecular weight is 383 g/mol. The highest BCUT2D eigenvalue weighted by atomic mass is 19.1. The van der Waals surface area contributed by atoms with Gasteiger partial charge >= 0.3 is 5.97 Å². The monoisotopic (exact) mass is 383 g/mol. The van der Waals surface area contributed by atoms with Gasteiger partial charge in [-0.1, -0.05) is 48.5 Å². The predicted molar refractivity (Wildman–Crippen MR) is 98.7 cm³/mol. The van der Waals surface area contributed by atoms with Gasteiger partial charge in [-0.25, -0.2) is 4.39 Å². The molecule has 1 amide bonds. The summed E-state index contributed by atoms with van der Waals surface area (Å²) in [4.78, 5) is 37.2. The largest absolute Gasteiger partial charge is 0.507 e. The molecule has 0 spiro atoms. The smallest absolute Gasteiger partial charge is 0.303 e. The van der Waals surface area contributed by atoms with Gasteiger partial charge in [0.15, 0.2) is 0 Å². The number of benzene rings is 2. The Bertz CT molecular complexity index is 954. The second kappa shape index (κ2) is 8.04. The second-order valence-electron chi connectivity index (χ2n) is 6.38. The standard InChI is InChI=1S/C21H18FNO5/c22-15-10-5-4-9-14(15)18-17(19(26)13-7-2-1-3-8-13)20(27)21(28)23(18)12-6-11-16(24)25/h1-5,7-10,18,26H,6,11-12H2,(H,24,25)/b19-17+/t18-/m1/s1. The molecule has 0 aromatic heterocycles. The number of hydrogen-bond acceptors (Lipinski definition) is 4. The van der Waals surface area contributed by atoms with Crippen molar-refractivity contribution in [1.82, 2.24) is 4.90 Å². The highest BCUT2D eigenvalue weighted by Gasteiger charge is 2.46. The van der Waals surface area contributed by atoms with Crippen LogP contribution in [-0.4, -0.2) is 39.3 Å². The summed E-state index contributed by atoms with van der Waals surface area (Å²) >= 11 is 0. The van der Waals surface area contributed by atoms with Crippen molar-refractivity contribution in [2.45, 2.75) is 18.9 Å². The number of carbonyl (C=O) groups excluding carboxylic acids is 2. The molecular formula is C21H18FNO5. The maximum atomic E-state index is 14.5. The highest BCUT2D eigenvalue weighted by molar-refractivity contribution is 6.46. The SMILES string of the molecule is O=C(O)CCCN1C(=O)C(=O)/C(=C(/O)c2ccccc2)[C@H]1c1ccccc1F. The van der Waals surface area contributed by atoms with E-state index in [2.05, 4.69) is 0 Å². The summed E-state index contributed by atoms with van der Waals surface area (Å²) in [5.41, 5.74) is 0.179. The number of amides is 1. The van der Waals surface area contributed by atoms with Crippen molar-refractivity contribution in [3.8, 4) is 0 Å². The molecule has 0 aliphatic carbocycles. The van der Waals surface area contributed by atoms with Gasteiger partial charge in [-0.05, 0) is 12.5 Å². The minimum Gasteiger partial charge on any atom is -0.507 e. The third kappa shape index (κ3) is 3.64. The van der Waals surface area contributed by atoms with E-state index < -0.39 is 35.3 Å². The molecule has 1 saturated heterocycles. The van der Waals surface area contributed by atoms with E-state index in [1.165, 1.54) is 18.2 Å². The number of halogens is 1. The average Bonchev–Trinajstić information content (AvgIpc) is 2.93. The van der Waals surface area contributed by atoms with Gasteiger partial charge in [-0.2, -0.15) is 0 Å². The molecule has 0 saturated carbocycles. The van der Waals surface area contributed by atoms with Crippen molar-refractivity contribution in [3.05, 3.63) is 77.1 Å². The molecule has 0 unspecified atom stereocenters. The Morgan fingerprint density at radius 3 is 2.29 bits per heavy atom. The van der Waals surface area contributed by atoms with Crippen LogP contribution in [0.4, 0.5) is 4.39 Å². The third-order valence-corrected chi connectivity index (χ3v) is 4.58. The number of Topliss-reactive ketones (excluding diaryl/α,β-unsaturated/α-hetero) is 1. The van der Waals surface area contributed by atoms with Gasteiger partial charge in [0.2, 0.25) is 0 Å². The van der Waals surface area contributed by atoms with Crippen molar-refractivity contribution >= 4 is 23.4 Å². The van der Waals surface area contributed by atoms with Gasteiger partial charge in [0.1, 0.15) is 11.6 Å². The number of likely N-dealkylation sites (tertiary alicyclic amines) is 1. The van der Waals surface area contributed by atoms with E-state index in [1.54, 1.807) is 36.4 Å². The van der Waals surface area contributed by atoms with Crippen LogP contribution in [0.3, 0.4) is 0 Å². The first-order chi connectivity index (χ1) is 13.4. The van der Waals surface area contributed by atoms with E-state index in [0.717, 1.165) is 4.90 Å². The first-order valence-electron chi connectivity index (χ1n) is 8.72. The zero-order valence-corrected chi connectivity index (χ0v) is 14.8. The molecule has 7 heteroatoms. The molecule has 1 heterocycles. The maximum absolute atomic E-state index is 14.5. The number of aliphatic carboxylic acids is 1. The quantitative estimate of drug-likeness (QED) is 0.454. The first-order valence-corrected chi connectivity index (χ1v) is 8.72. The molecule has 144 valence electrons. The highest BCUT2D eigenvalue weighted by Crippen LogP contribution is 2.40. The number of aliphatic hydroxyl groups is 1. The van der Waals surface area contributed by atoms with Crippen molar-refractivity contribution in [3.63, 3.8) is 0 Å². The number of rotatable bonds is 6. The molecule has 1 atom stereocenters. The molecule has 3 rings (SSSR count). The zero-order valence-electron chi connectivity index (χ0n) is 14.8. The van der Waals surface area contributed by atoms with Crippen LogP contribution in [0.5, 0.6) is 0 Å². The van der Waals surface area contributed by atoms with Crippen molar-refractivity contribution in [1.29, 1.82) is 0 Å². The molecule has 2 N–H and O–H groups in total. The van der Waals surface area contributed by atoms with E-state index >= 15 is 0 Å². The van der Waals surface area contributed by atoms with Crippen molar-refractivity contribution in [2.75, 3.05) is 6.54 Å². The van der Waals surface area contributed by atoms with E-state index in [0.29, 0.717) is 5.56 Å². The lowest BCUT2D eigenvalue weighted by Crippen LogP contribution is -2.31. The summed E-state index contributed by atoms with van der Waals surface area (Å²) in [5, 5.41) is 19.6. The Kier molecular flexibility index (Phi) is 5.54. The Hall–Kier alpha value is -3.48. The first kappa shape index (κ1) is 19.3.